The van der Waals surface area contributed by atoms with Crippen LogP contribution >= 0.6 is 23.2 Å². The van der Waals surface area contributed by atoms with Crippen LogP contribution < -0.4 is 19.3 Å². The minimum atomic E-state index is 0.0546. The quantitative estimate of drug-likeness (QED) is 0.211. The number of aromatic nitrogens is 6. The molecule has 0 radical (unpaired) electrons. The number of nitrogens with zero attached hydrogens (tertiary/aromatic N) is 10. The normalized spacial score (nSPS) is 14.6. The summed E-state index contributed by atoms with van der Waals surface area (Å²) in [5.41, 5.74) is 3.49. The maximum atomic E-state index is 12.7. The molecule has 0 spiro atoms. The van der Waals surface area contributed by atoms with Crippen molar-refractivity contribution >= 4 is 68.5 Å². The highest BCUT2D eigenvalue weighted by Gasteiger charge is 2.24. The van der Waals surface area contributed by atoms with Crippen molar-refractivity contribution in [3.8, 4) is 11.5 Å². The molecular formula is C38H40Cl2N10O4. The third-order valence-corrected chi connectivity index (χ3v) is 10.2. The number of benzene rings is 2. The lowest BCUT2D eigenvalue weighted by Crippen LogP contribution is -2.49. The highest BCUT2D eigenvalue weighted by molar-refractivity contribution is 6.32. The Morgan fingerprint density at radius 2 is 1.22 bits per heavy atom. The van der Waals surface area contributed by atoms with Crippen LogP contribution in [0.25, 0.3) is 22.1 Å². The van der Waals surface area contributed by atoms with E-state index < -0.39 is 0 Å². The van der Waals surface area contributed by atoms with Gasteiger partial charge in [-0.2, -0.15) is 10.2 Å². The molecule has 0 atom stereocenters. The maximum absolute atomic E-state index is 12.7. The number of ether oxygens (including phenoxy) is 2. The summed E-state index contributed by atoms with van der Waals surface area (Å²) in [6, 6.07) is 19.1. The number of carbonyl (C=O) groups is 2. The molecule has 6 heterocycles. The molecule has 0 bridgehead atoms. The van der Waals surface area contributed by atoms with Gasteiger partial charge in [0.15, 0.2) is 11.3 Å². The number of fused-ring (bicyclic) bond motifs is 2. The van der Waals surface area contributed by atoms with E-state index in [1.54, 1.807) is 42.2 Å². The van der Waals surface area contributed by atoms with E-state index in [2.05, 4.69) is 30.0 Å². The zero-order chi connectivity index (χ0) is 37.6. The van der Waals surface area contributed by atoms with Crippen LogP contribution in [-0.4, -0.2) is 118 Å². The van der Waals surface area contributed by atoms with Crippen molar-refractivity contribution in [1.82, 2.24) is 39.3 Å². The van der Waals surface area contributed by atoms with E-state index in [1.807, 2.05) is 76.7 Å². The molecule has 0 aliphatic carbocycles. The van der Waals surface area contributed by atoms with Gasteiger partial charge in [-0.1, -0.05) is 23.2 Å². The van der Waals surface area contributed by atoms with Gasteiger partial charge in [0, 0.05) is 105 Å². The maximum Gasteiger partial charge on any atom is 0.244 e. The Morgan fingerprint density at radius 3 is 1.78 bits per heavy atom. The van der Waals surface area contributed by atoms with Crippen molar-refractivity contribution in [3.63, 3.8) is 0 Å². The van der Waals surface area contributed by atoms with Crippen molar-refractivity contribution in [2.75, 3.05) is 76.4 Å². The van der Waals surface area contributed by atoms with Crippen LogP contribution in [0.15, 0.2) is 85.5 Å². The van der Waals surface area contributed by atoms with E-state index in [0.717, 1.165) is 54.0 Å². The van der Waals surface area contributed by atoms with Crippen LogP contribution in [0, 0.1) is 0 Å². The lowest BCUT2D eigenvalue weighted by atomic mass is 10.2. The van der Waals surface area contributed by atoms with Crippen molar-refractivity contribution in [2.45, 2.75) is 13.1 Å². The molecule has 54 heavy (non-hydrogen) atoms. The standard InChI is InChI=1S/2C19H20ClN5O2/c1-27-17-11-15(4-5-16(17)20)23-7-9-24(10-8-23)18(26)13-25-12-14-3-2-6-21-19(14)22-25;1-27-17-11-15(4-5-16(17)20)23-7-9-24(10-8-23)18(26)13-25-19-14(12-22-25)3-2-6-21-19/h2*2-6,11-12H,7-10,13H2,1H3. The molecule has 6 aromatic rings. The van der Waals surface area contributed by atoms with Gasteiger partial charge in [-0.3, -0.25) is 14.3 Å². The van der Waals surface area contributed by atoms with Crippen molar-refractivity contribution in [1.29, 1.82) is 0 Å². The first kappa shape index (κ1) is 36.7. The van der Waals surface area contributed by atoms with Gasteiger partial charge in [-0.25, -0.2) is 14.6 Å². The minimum Gasteiger partial charge on any atom is -0.495 e. The second-order valence-corrected chi connectivity index (χ2v) is 13.6. The smallest absolute Gasteiger partial charge is 0.244 e. The fourth-order valence-electron chi connectivity index (χ4n) is 6.60. The molecule has 2 amide bonds. The molecule has 2 aromatic carbocycles. The van der Waals surface area contributed by atoms with Gasteiger partial charge in [0.2, 0.25) is 11.8 Å². The average molecular weight is 772 g/mol. The van der Waals surface area contributed by atoms with Crippen LogP contribution in [0.1, 0.15) is 0 Å². The Kier molecular flexibility index (Phi) is 11.3. The summed E-state index contributed by atoms with van der Waals surface area (Å²) in [4.78, 5) is 42.0. The Morgan fingerprint density at radius 1 is 0.685 bits per heavy atom. The van der Waals surface area contributed by atoms with Gasteiger partial charge < -0.3 is 29.1 Å². The van der Waals surface area contributed by atoms with E-state index in [1.165, 1.54) is 0 Å². The Bertz CT molecular complexity index is 2210. The van der Waals surface area contributed by atoms with Gasteiger partial charge >= 0.3 is 0 Å². The molecule has 2 aliphatic rings. The first-order valence-electron chi connectivity index (χ1n) is 17.6. The number of amides is 2. The molecule has 14 nitrogen and oxygen atoms in total. The molecule has 0 N–H and O–H groups in total. The van der Waals surface area contributed by atoms with Crippen LogP contribution in [0.3, 0.4) is 0 Å². The van der Waals surface area contributed by atoms with Gasteiger partial charge in [0.1, 0.15) is 24.6 Å². The van der Waals surface area contributed by atoms with Crippen LogP contribution in [-0.2, 0) is 22.7 Å². The van der Waals surface area contributed by atoms with Gasteiger partial charge in [-0.15, -0.1) is 0 Å². The summed E-state index contributed by atoms with van der Waals surface area (Å²) in [5.74, 6) is 1.44. The molecule has 2 aliphatic heterocycles. The molecule has 4 aromatic heterocycles. The number of halogens is 2. The van der Waals surface area contributed by atoms with E-state index in [4.69, 9.17) is 32.7 Å². The lowest BCUT2D eigenvalue weighted by molar-refractivity contribution is -0.133. The number of pyridine rings is 2. The monoisotopic (exact) mass is 770 g/mol. The number of methoxy groups -OCH3 is 2. The molecule has 2 fully saturated rings. The summed E-state index contributed by atoms with van der Waals surface area (Å²) in [6.07, 6.45) is 7.01. The summed E-state index contributed by atoms with van der Waals surface area (Å²) >= 11 is 12.2. The van der Waals surface area contributed by atoms with Crippen LogP contribution in [0.5, 0.6) is 11.5 Å². The molecule has 2 saturated heterocycles. The van der Waals surface area contributed by atoms with Crippen molar-refractivity contribution in [2.24, 2.45) is 0 Å². The summed E-state index contributed by atoms with van der Waals surface area (Å²) in [5, 5.41) is 11.7. The minimum absolute atomic E-state index is 0.0546. The summed E-state index contributed by atoms with van der Waals surface area (Å²) in [6.45, 7) is 6.14. The first-order chi connectivity index (χ1) is 26.3. The van der Waals surface area contributed by atoms with Crippen LogP contribution in [0.2, 0.25) is 10.0 Å². The van der Waals surface area contributed by atoms with Crippen molar-refractivity contribution in [3.05, 3.63) is 95.5 Å². The van der Waals surface area contributed by atoms with E-state index in [0.29, 0.717) is 53.4 Å². The molecule has 280 valence electrons. The van der Waals surface area contributed by atoms with Crippen LogP contribution in [0.4, 0.5) is 11.4 Å². The van der Waals surface area contributed by atoms with E-state index in [9.17, 15) is 9.59 Å². The van der Waals surface area contributed by atoms with Gasteiger partial charge in [0.25, 0.3) is 0 Å². The predicted octanol–water partition coefficient (Wildman–Crippen LogP) is 4.88. The van der Waals surface area contributed by atoms with Gasteiger partial charge in [-0.05, 0) is 48.5 Å². The molecule has 16 heteroatoms. The third-order valence-electron chi connectivity index (χ3n) is 9.57. The third kappa shape index (κ3) is 8.29. The predicted molar refractivity (Wildman–Crippen MR) is 209 cm³/mol. The fourth-order valence-corrected chi connectivity index (χ4v) is 6.99. The largest absolute Gasteiger partial charge is 0.495 e. The number of piperazine rings is 2. The first-order valence-corrected chi connectivity index (χ1v) is 18.3. The second-order valence-electron chi connectivity index (χ2n) is 12.8. The molecule has 0 saturated carbocycles. The molecular weight excluding hydrogens is 731 g/mol. The number of rotatable bonds is 8. The second kappa shape index (κ2) is 16.6. The molecule has 0 unspecified atom stereocenters. The highest BCUT2D eigenvalue weighted by Crippen LogP contribution is 2.31. The number of hydrogen-bond acceptors (Lipinski definition) is 10. The number of anilines is 2. The zero-order valence-electron chi connectivity index (χ0n) is 30.0. The highest BCUT2D eigenvalue weighted by atomic mass is 35.5. The van der Waals surface area contributed by atoms with Crippen molar-refractivity contribution < 1.29 is 19.1 Å². The number of carbonyl (C=O) groups excluding carboxylic acids is 2. The fraction of sp³-hybridized carbons (Fsp3) is 0.316. The Hall–Kier alpha value is -5.60. The summed E-state index contributed by atoms with van der Waals surface area (Å²) in [7, 11) is 3.21. The average Bonchev–Trinajstić information content (AvgIpc) is 3.82. The van der Waals surface area contributed by atoms with E-state index >= 15 is 0 Å². The SMILES string of the molecule is COc1cc(N2CCN(C(=O)Cn3cc4cccnc4n3)CC2)ccc1Cl.COc1cc(N2CCN(C(=O)Cn3ncc4cccnc43)CC2)ccc1Cl. The topological polar surface area (TPSA) is 127 Å². The Labute approximate surface area is 322 Å². The lowest BCUT2D eigenvalue weighted by Gasteiger charge is -2.36. The Balaban J connectivity index is 0.000000167. The zero-order valence-corrected chi connectivity index (χ0v) is 31.5. The van der Waals surface area contributed by atoms with E-state index in [-0.39, 0.29) is 24.9 Å². The molecule has 8 rings (SSSR count). The number of hydrogen-bond donors (Lipinski definition) is 0. The summed E-state index contributed by atoms with van der Waals surface area (Å²) < 4.78 is 13.9. The van der Waals surface area contributed by atoms with Gasteiger partial charge in [0.05, 0.1) is 30.5 Å².